The maximum atomic E-state index is 12.4. The summed E-state index contributed by atoms with van der Waals surface area (Å²) in [5.74, 6) is -0.521. The lowest BCUT2D eigenvalue weighted by atomic mass is 10.0. The third-order valence-corrected chi connectivity index (χ3v) is 8.54. The van der Waals surface area contributed by atoms with Gasteiger partial charge in [0, 0.05) is 0 Å². The van der Waals surface area contributed by atoms with E-state index < -0.39 is 24.2 Å². The summed E-state index contributed by atoms with van der Waals surface area (Å²) in [7, 11) is 0. The summed E-state index contributed by atoms with van der Waals surface area (Å²) >= 11 is 0. The van der Waals surface area contributed by atoms with E-state index >= 15 is 0 Å². The van der Waals surface area contributed by atoms with Gasteiger partial charge in [-0.05, 0) is 44.9 Å². The number of allylic oxidation sites excluding steroid dienone is 3. The molecule has 0 spiro atoms. The summed E-state index contributed by atoms with van der Waals surface area (Å²) in [6, 6.07) is -0.802. The first-order valence-corrected chi connectivity index (χ1v) is 18.7. The molecule has 1 amide bonds. The molecule has 0 aliphatic carbocycles. The topological polar surface area (TPSA) is 89.8 Å². The molecule has 5 nitrogen and oxygen atoms in total. The van der Waals surface area contributed by atoms with Crippen molar-refractivity contribution in [1.29, 1.82) is 0 Å². The Balaban J connectivity index is 3.76. The van der Waals surface area contributed by atoms with Gasteiger partial charge in [-0.1, -0.05) is 167 Å². The first kappa shape index (κ1) is 41.8. The molecule has 0 saturated heterocycles. The van der Waals surface area contributed by atoms with E-state index in [9.17, 15) is 20.1 Å². The summed E-state index contributed by atoms with van der Waals surface area (Å²) in [5, 5.41) is 32.9. The number of hydrogen-bond acceptors (Lipinski definition) is 4. The van der Waals surface area contributed by atoms with E-state index in [4.69, 9.17) is 0 Å². The largest absolute Gasteiger partial charge is 0.394 e. The Labute approximate surface area is 267 Å². The Morgan fingerprint density at radius 1 is 0.558 bits per heavy atom. The standard InChI is InChI=1S/C38H73NO4/c1-3-5-7-9-11-13-15-17-18-19-20-21-23-24-26-28-30-32-36(41)35(34-40)39-38(43)37(42)33-31-29-27-25-22-16-14-12-10-8-6-4-2/h22,25,30,32,35-37,40-42H,3-21,23-24,26-29,31,33-34H2,1-2H3,(H,39,43)/b25-22-,32-30+. The second-order valence-corrected chi connectivity index (χ2v) is 12.8. The predicted molar refractivity (Wildman–Crippen MR) is 185 cm³/mol. The number of nitrogens with one attached hydrogen (secondary N) is 1. The minimum absolute atomic E-state index is 0.369. The van der Waals surface area contributed by atoms with Crippen LogP contribution in [0.4, 0.5) is 0 Å². The highest BCUT2D eigenvalue weighted by Gasteiger charge is 2.22. The lowest BCUT2D eigenvalue weighted by Gasteiger charge is -2.21. The van der Waals surface area contributed by atoms with Gasteiger partial charge in [0.25, 0.3) is 0 Å². The molecule has 5 heteroatoms. The van der Waals surface area contributed by atoms with Gasteiger partial charge in [-0.3, -0.25) is 4.79 Å². The second-order valence-electron chi connectivity index (χ2n) is 12.8. The van der Waals surface area contributed by atoms with Crippen molar-refractivity contribution in [3.63, 3.8) is 0 Å². The van der Waals surface area contributed by atoms with Crippen molar-refractivity contribution >= 4 is 5.91 Å². The first-order valence-electron chi connectivity index (χ1n) is 18.7. The highest BCUT2D eigenvalue weighted by atomic mass is 16.3. The van der Waals surface area contributed by atoms with Gasteiger partial charge in [0.05, 0.1) is 18.8 Å². The number of hydrogen-bond donors (Lipinski definition) is 4. The van der Waals surface area contributed by atoms with Crippen molar-refractivity contribution in [2.75, 3.05) is 6.61 Å². The SMILES string of the molecule is CCCCCCCC/C=C\CCCCC(O)C(=O)NC(CO)C(O)/C=C/CCCCCCCCCCCCCCCCC. The molecule has 4 N–H and O–H groups in total. The average molecular weight is 608 g/mol. The fraction of sp³-hybridized carbons (Fsp3) is 0.868. The predicted octanol–water partition coefficient (Wildman–Crippen LogP) is 9.87. The molecule has 0 aliphatic heterocycles. The van der Waals surface area contributed by atoms with Crippen LogP contribution in [-0.4, -0.2) is 46.1 Å². The van der Waals surface area contributed by atoms with E-state index in [0.29, 0.717) is 6.42 Å². The van der Waals surface area contributed by atoms with Crippen LogP contribution in [0.15, 0.2) is 24.3 Å². The first-order chi connectivity index (χ1) is 21.1. The molecule has 0 heterocycles. The Kier molecular flexibility index (Phi) is 32.8. The zero-order valence-corrected chi connectivity index (χ0v) is 28.6. The molecule has 0 aliphatic rings. The number of carbonyl (C=O) groups excluding carboxylic acids is 1. The zero-order valence-electron chi connectivity index (χ0n) is 28.6. The number of rotatable bonds is 33. The van der Waals surface area contributed by atoms with Crippen molar-refractivity contribution in [1.82, 2.24) is 5.32 Å². The Morgan fingerprint density at radius 2 is 0.930 bits per heavy atom. The molecule has 0 aromatic heterocycles. The normalized spacial score (nSPS) is 14.1. The van der Waals surface area contributed by atoms with E-state index in [2.05, 4.69) is 31.3 Å². The molecule has 0 saturated carbocycles. The van der Waals surface area contributed by atoms with E-state index in [-0.39, 0.29) is 6.61 Å². The third-order valence-electron chi connectivity index (χ3n) is 8.54. The third kappa shape index (κ3) is 29.3. The number of aliphatic hydroxyl groups excluding tert-OH is 3. The van der Waals surface area contributed by atoms with Crippen LogP contribution in [0, 0.1) is 0 Å². The van der Waals surface area contributed by atoms with E-state index in [1.54, 1.807) is 6.08 Å². The molecule has 0 radical (unpaired) electrons. The van der Waals surface area contributed by atoms with Gasteiger partial charge in [0.2, 0.25) is 5.91 Å². The number of carbonyl (C=O) groups is 1. The van der Waals surface area contributed by atoms with Crippen LogP contribution in [0.2, 0.25) is 0 Å². The molecular weight excluding hydrogens is 534 g/mol. The zero-order chi connectivity index (χ0) is 31.6. The minimum Gasteiger partial charge on any atom is -0.394 e. The van der Waals surface area contributed by atoms with E-state index in [1.807, 2.05) is 6.08 Å². The summed E-state index contributed by atoms with van der Waals surface area (Å²) < 4.78 is 0. The van der Waals surface area contributed by atoms with Crippen LogP contribution in [-0.2, 0) is 4.79 Å². The smallest absolute Gasteiger partial charge is 0.249 e. The fourth-order valence-corrected chi connectivity index (χ4v) is 5.53. The molecule has 43 heavy (non-hydrogen) atoms. The molecule has 0 aromatic rings. The highest BCUT2D eigenvalue weighted by Crippen LogP contribution is 2.14. The van der Waals surface area contributed by atoms with E-state index in [0.717, 1.165) is 38.5 Å². The molecule has 0 fully saturated rings. The quantitative estimate of drug-likeness (QED) is 0.0441. The van der Waals surface area contributed by atoms with Gasteiger partial charge in [-0.25, -0.2) is 0 Å². The van der Waals surface area contributed by atoms with Gasteiger partial charge in [0.15, 0.2) is 0 Å². The van der Waals surface area contributed by atoms with Gasteiger partial charge in [-0.2, -0.15) is 0 Å². The lowest BCUT2D eigenvalue weighted by molar-refractivity contribution is -0.131. The van der Waals surface area contributed by atoms with Gasteiger partial charge < -0.3 is 20.6 Å². The molecule has 254 valence electrons. The fourth-order valence-electron chi connectivity index (χ4n) is 5.53. The molecule has 3 atom stereocenters. The number of aliphatic hydroxyl groups is 3. The van der Waals surface area contributed by atoms with Crippen LogP contribution in [0.5, 0.6) is 0 Å². The Hall–Kier alpha value is -1.17. The lowest BCUT2D eigenvalue weighted by Crippen LogP contribution is -2.48. The van der Waals surface area contributed by atoms with Crippen LogP contribution >= 0.6 is 0 Å². The number of amides is 1. The molecular formula is C38H73NO4. The van der Waals surface area contributed by atoms with E-state index in [1.165, 1.54) is 128 Å². The van der Waals surface area contributed by atoms with Crippen molar-refractivity contribution < 1.29 is 20.1 Å². The monoisotopic (exact) mass is 608 g/mol. The minimum atomic E-state index is -1.11. The molecule has 0 bridgehead atoms. The van der Waals surface area contributed by atoms with Crippen LogP contribution in [0.25, 0.3) is 0 Å². The van der Waals surface area contributed by atoms with Gasteiger partial charge in [0.1, 0.15) is 6.10 Å². The Bertz CT molecular complexity index is 635. The van der Waals surface area contributed by atoms with Gasteiger partial charge in [-0.15, -0.1) is 0 Å². The van der Waals surface area contributed by atoms with Crippen LogP contribution in [0.1, 0.15) is 187 Å². The maximum absolute atomic E-state index is 12.4. The van der Waals surface area contributed by atoms with Crippen molar-refractivity contribution in [3.8, 4) is 0 Å². The second kappa shape index (κ2) is 33.7. The molecule has 0 rings (SSSR count). The van der Waals surface area contributed by atoms with Crippen molar-refractivity contribution in [2.24, 2.45) is 0 Å². The van der Waals surface area contributed by atoms with Gasteiger partial charge >= 0.3 is 0 Å². The Morgan fingerprint density at radius 3 is 1.35 bits per heavy atom. The summed E-state index contributed by atoms with van der Waals surface area (Å²) in [4.78, 5) is 12.4. The summed E-state index contributed by atoms with van der Waals surface area (Å²) in [5.41, 5.74) is 0. The summed E-state index contributed by atoms with van der Waals surface area (Å²) in [6.45, 7) is 4.15. The van der Waals surface area contributed by atoms with Crippen LogP contribution < -0.4 is 5.32 Å². The average Bonchev–Trinajstić information content (AvgIpc) is 3.01. The highest BCUT2D eigenvalue weighted by molar-refractivity contribution is 5.80. The number of unbranched alkanes of at least 4 members (excludes halogenated alkanes) is 23. The van der Waals surface area contributed by atoms with Crippen molar-refractivity contribution in [3.05, 3.63) is 24.3 Å². The summed E-state index contributed by atoms with van der Waals surface area (Å²) in [6.07, 6.45) is 39.1. The molecule has 0 aromatic carbocycles. The maximum Gasteiger partial charge on any atom is 0.249 e. The van der Waals surface area contributed by atoms with Crippen LogP contribution in [0.3, 0.4) is 0 Å². The molecule has 3 unspecified atom stereocenters. The van der Waals surface area contributed by atoms with Crippen molar-refractivity contribution in [2.45, 2.75) is 205 Å².